The van der Waals surface area contributed by atoms with Crippen molar-refractivity contribution in [2.75, 3.05) is 19.6 Å². The highest BCUT2D eigenvalue weighted by Gasteiger charge is 2.28. The molecular weight excluding hydrogens is 296 g/mol. The van der Waals surface area contributed by atoms with Gasteiger partial charge in [-0.05, 0) is 32.2 Å². The van der Waals surface area contributed by atoms with E-state index in [-0.39, 0.29) is 5.91 Å². The van der Waals surface area contributed by atoms with Gasteiger partial charge in [0.2, 0.25) is 5.91 Å². The minimum Gasteiger partial charge on any atom is -0.354 e. The van der Waals surface area contributed by atoms with E-state index >= 15 is 0 Å². The maximum Gasteiger partial charge on any atom is 0.221 e. The number of carbonyl (C=O) groups excluding carboxylic acids is 1. The van der Waals surface area contributed by atoms with Crippen molar-refractivity contribution in [1.82, 2.24) is 15.2 Å². The van der Waals surface area contributed by atoms with E-state index in [4.69, 9.17) is 10.7 Å². The summed E-state index contributed by atoms with van der Waals surface area (Å²) in [6.45, 7) is 3.18. The first-order chi connectivity index (χ1) is 10.8. The molecule has 1 aliphatic carbocycles. The summed E-state index contributed by atoms with van der Waals surface area (Å²) in [5.41, 5.74) is 6.62. The van der Waals surface area contributed by atoms with Gasteiger partial charge in [0.05, 0.1) is 10.7 Å². The summed E-state index contributed by atoms with van der Waals surface area (Å²) in [5, 5.41) is 6.56. The molecule has 1 aromatic rings. The van der Waals surface area contributed by atoms with Gasteiger partial charge in [0, 0.05) is 43.4 Å². The summed E-state index contributed by atoms with van der Waals surface area (Å²) in [7, 11) is 0. The first kappa shape index (κ1) is 15.9. The van der Waals surface area contributed by atoms with Crippen LogP contribution in [0.5, 0.6) is 0 Å². The van der Waals surface area contributed by atoms with E-state index in [0.717, 1.165) is 32.0 Å². The summed E-state index contributed by atoms with van der Waals surface area (Å²) in [4.78, 5) is 18.9. The Hall–Kier alpha value is -0.980. The second kappa shape index (κ2) is 7.53. The third-order valence-electron chi connectivity index (χ3n) is 4.52. The maximum absolute atomic E-state index is 11.6. The van der Waals surface area contributed by atoms with Gasteiger partial charge >= 0.3 is 0 Å². The van der Waals surface area contributed by atoms with Crippen molar-refractivity contribution >= 4 is 17.2 Å². The first-order valence-electron chi connectivity index (χ1n) is 8.41. The molecule has 122 valence electrons. The highest BCUT2D eigenvalue weighted by atomic mass is 32.1. The molecule has 5 nitrogen and oxygen atoms in total. The van der Waals surface area contributed by atoms with Crippen LogP contribution >= 0.6 is 11.3 Å². The highest BCUT2D eigenvalue weighted by molar-refractivity contribution is 7.09. The molecule has 0 bridgehead atoms. The molecule has 22 heavy (non-hydrogen) atoms. The van der Waals surface area contributed by atoms with Crippen LogP contribution in [-0.4, -0.2) is 41.5 Å². The third kappa shape index (κ3) is 4.27. The number of thiazole rings is 1. The van der Waals surface area contributed by atoms with Gasteiger partial charge in [0.15, 0.2) is 0 Å². The van der Waals surface area contributed by atoms with Gasteiger partial charge in [0.1, 0.15) is 0 Å². The quantitative estimate of drug-likeness (QED) is 0.803. The molecule has 2 fully saturated rings. The lowest BCUT2D eigenvalue weighted by Crippen LogP contribution is -2.46. The average Bonchev–Trinajstić information content (AvgIpc) is 3.27. The van der Waals surface area contributed by atoms with E-state index in [1.807, 2.05) is 11.3 Å². The van der Waals surface area contributed by atoms with Crippen LogP contribution in [-0.2, 0) is 11.3 Å². The van der Waals surface area contributed by atoms with Crippen molar-refractivity contribution in [3.8, 4) is 0 Å². The third-order valence-corrected chi connectivity index (χ3v) is 5.57. The topological polar surface area (TPSA) is 71.2 Å². The summed E-state index contributed by atoms with van der Waals surface area (Å²) in [6, 6.07) is 0.432. The molecule has 1 aliphatic heterocycles. The number of hydrogen-bond acceptors (Lipinski definition) is 5. The minimum atomic E-state index is 0.0673. The maximum atomic E-state index is 11.6. The number of aromatic nitrogens is 1. The Bertz CT molecular complexity index is 500. The normalized spacial score (nSPS) is 22.7. The number of nitrogens with zero attached hydrogens (tertiary/aromatic N) is 2. The molecule has 1 atom stereocenters. The van der Waals surface area contributed by atoms with E-state index in [1.165, 1.54) is 36.4 Å². The predicted octanol–water partition coefficient (Wildman–Crippen LogP) is 1.84. The Kier molecular flexibility index (Phi) is 5.44. The molecular formula is C16H26N4OS. The van der Waals surface area contributed by atoms with Crippen LogP contribution in [0.15, 0.2) is 5.38 Å². The molecule has 0 radical (unpaired) electrons. The van der Waals surface area contributed by atoms with Crippen molar-refractivity contribution in [2.24, 2.45) is 5.73 Å². The Morgan fingerprint density at radius 3 is 3.05 bits per heavy atom. The monoisotopic (exact) mass is 322 g/mol. The number of nitrogens with one attached hydrogen (secondary N) is 1. The number of rotatable bonds is 7. The number of amides is 1. The summed E-state index contributed by atoms with van der Waals surface area (Å²) in [6.07, 6.45) is 6.69. The van der Waals surface area contributed by atoms with E-state index in [9.17, 15) is 4.79 Å². The molecule has 2 aliphatic rings. The van der Waals surface area contributed by atoms with Crippen LogP contribution in [0, 0.1) is 0 Å². The average molecular weight is 322 g/mol. The SMILES string of the molecule is NCCC(=O)NCC1CCCCN1Cc1csc(C2CC2)n1. The summed E-state index contributed by atoms with van der Waals surface area (Å²) < 4.78 is 0. The molecule has 2 heterocycles. The van der Waals surface area contributed by atoms with Gasteiger partial charge in [-0.2, -0.15) is 0 Å². The fourth-order valence-corrected chi connectivity index (χ4v) is 4.05. The van der Waals surface area contributed by atoms with Crippen LogP contribution in [0.1, 0.15) is 55.1 Å². The van der Waals surface area contributed by atoms with Gasteiger partial charge in [-0.15, -0.1) is 11.3 Å². The molecule has 1 saturated carbocycles. The molecule has 1 unspecified atom stereocenters. The zero-order valence-electron chi connectivity index (χ0n) is 13.1. The second-order valence-electron chi connectivity index (χ2n) is 6.41. The fraction of sp³-hybridized carbons (Fsp3) is 0.750. The minimum absolute atomic E-state index is 0.0673. The Labute approximate surface area is 136 Å². The lowest BCUT2D eigenvalue weighted by molar-refractivity contribution is -0.121. The molecule has 3 rings (SSSR count). The van der Waals surface area contributed by atoms with Gasteiger partial charge in [-0.25, -0.2) is 4.98 Å². The molecule has 6 heteroatoms. The number of piperidine rings is 1. The van der Waals surface area contributed by atoms with Crippen molar-refractivity contribution in [3.05, 3.63) is 16.1 Å². The molecule has 1 amide bonds. The predicted molar refractivity (Wildman–Crippen MR) is 88.8 cm³/mol. The van der Waals surface area contributed by atoms with Crippen molar-refractivity contribution in [1.29, 1.82) is 0 Å². The van der Waals surface area contributed by atoms with Gasteiger partial charge < -0.3 is 11.1 Å². The van der Waals surface area contributed by atoms with E-state index < -0.39 is 0 Å². The molecule has 1 aromatic heterocycles. The van der Waals surface area contributed by atoms with Crippen molar-refractivity contribution in [3.63, 3.8) is 0 Å². The second-order valence-corrected chi connectivity index (χ2v) is 7.30. The van der Waals surface area contributed by atoms with Crippen LogP contribution in [0.2, 0.25) is 0 Å². The lowest BCUT2D eigenvalue weighted by Gasteiger charge is -2.35. The number of hydrogen-bond donors (Lipinski definition) is 2. The van der Waals surface area contributed by atoms with Gasteiger partial charge in [-0.3, -0.25) is 9.69 Å². The number of likely N-dealkylation sites (tertiary alicyclic amines) is 1. The summed E-state index contributed by atoms with van der Waals surface area (Å²) in [5.74, 6) is 0.809. The largest absolute Gasteiger partial charge is 0.354 e. The summed E-state index contributed by atoms with van der Waals surface area (Å²) >= 11 is 1.81. The van der Waals surface area contributed by atoms with E-state index in [2.05, 4.69) is 15.6 Å². The van der Waals surface area contributed by atoms with E-state index in [1.54, 1.807) is 0 Å². The first-order valence-corrected chi connectivity index (χ1v) is 9.29. The zero-order valence-corrected chi connectivity index (χ0v) is 13.9. The molecule has 1 saturated heterocycles. The van der Waals surface area contributed by atoms with Gasteiger partial charge in [0.25, 0.3) is 0 Å². The molecule has 0 spiro atoms. The van der Waals surface area contributed by atoms with Crippen LogP contribution in [0.3, 0.4) is 0 Å². The van der Waals surface area contributed by atoms with E-state index in [0.29, 0.717) is 19.0 Å². The van der Waals surface area contributed by atoms with Gasteiger partial charge in [-0.1, -0.05) is 6.42 Å². The molecule has 0 aromatic carbocycles. The smallest absolute Gasteiger partial charge is 0.221 e. The zero-order chi connectivity index (χ0) is 15.4. The van der Waals surface area contributed by atoms with Crippen LogP contribution in [0.4, 0.5) is 0 Å². The lowest BCUT2D eigenvalue weighted by atomic mass is 10.0. The standard InChI is InChI=1S/C16H26N4OS/c17-7-6-15(21)18-9-14-3-1-2-8-20(14)10-13-11-22-16(19-13)12-4-5-12/h11-12,14H,1-10,17H2,(H,18,21). The van der Waals surface area contributed by atoms with Crippen molar-refractivity contribution < 1.29 is 4.79 Å². The number of nitrogens with two attached hydrogens (primary N) is 1. The Morgan fingerprint density at radius 2 is 2.27 bits per heavy atom. The highest BCUT2D eigenvalue weighted by Crippen LogP contribution is 2.41. The van der Waals surface area contributed by atoms with Crippen LogP contribution in [0.25, 0.3) is 0 Å². The molecule has 3 N–H and O–H groups in total. The number of carbonyl (C=O) groups is 1. The fourth-order valence-electron chi connectivity index (χ4n) is 3.07. The Balaban J connectivity index is 1.53. The van der Waals surface area contributed by atoms with Crippen molar-refractivity contribution in [2.45, 2.75) is 57.0 Å². The Morgan fingerprint density at radius 1 is 1.41 bits per heavy atom. The van der Waals surface area contributed by atoms with Crippen LogP contribution < -0.4 is 11.1 Å².